The lowest BCUT2D eigenvalue weighted by Gasteiger charge is -2.36. The van der Waals surface area contributed by atoms with Crippen LogP contribution in [0.15, 0.2) is 45.6 Å². The third kappa shape index (κ3) is 3.20. The Kier molecular flexibility index (Phi) is 4.20. The van der Waals surface area contributed by atoms with Crippen molar-refractivity contribution >= 4 is 19.3 Å². The van der Waals surface area contributed by atoms with Crippen LogP contribution in [0.5, 0.6) is 5.75 Å². The summed E-state index contributed by atoms with van der Waals surface area (Å²) in [4.78, 5) is 12.0. The van der Waals surface area contributed by atoms with E-state index in [1.165, 1.54) is 0 Å². The van der Waals surface area contributed by atoms with Crippen LogP contribution in [0.2, 0.25) is 18.1 Å². The minimum Gasteiger partial charge on any atom is -0.543 e. The van der Waals surface area contributed by atoms with Gasteiger partial charge in [-0.25, -0.2) is 4.79 Å². The molecular formula is C20H26O3Si. The van der Waals surface area contributed by atoms with Gasteiger partial charge in [-0.3, -0.25) is 0 Å². The lowest BCUT2D eigenvalue weighted by molar-refractivity contribution is 0.490. The second-order valence-corrected chi connectivity index (χ2v) is 12.9. The SMILES string of the molecule is CC(C)(C)[Si](C)(C)Oc1ccc2c(C3CC=CC3)cc(=O)oc2c1. The summed E-state index contributed by atoms with van der Waals surface area (Å²) in [5.74, 6) is 1.17. The zero-order chi connectivity index (χ0) is 17.5. The zero-order valence-electron chi connectivity index (χ0n) is 15.2. The van der Waals surface area contributed by atoms with Crippen molar-refractivity contribution in [3.05, 3.63) is 52.4 Å². The Hall–Kier alpha value is -1.81. The molecule has 0 radical (unpaired) electrons. The number of rotatable bonds is 3. The Morgan fingerprint density at radius 3 is 2.42 bits per heavy atom. The first-order valence-corrected chi connectivity index (χ1v) is 11.5. The van der Waals surface area contributed by atoms with Crippen LogP contribution < -0.4 is 10.1 Å². The summed E-state index contributed by atoms with van der Waals surface area (Å²) < 4.78 is 11.8. The van der Waals surface area contributed by atoms with Gasteiger partial charge in [0.05, 0.1) is 0 Å². The molecule has 0 saturated heterocycles. The summed E-state index contributed by atoms with van der Waals surface area (Å²) in [7, 11) is -1.92. The molecule has 24 heavy (non-hydrogen) atoms. The largest absolute Gasteiger partial charge is 0.543 e. The highest BCUT2D eigenvalue weighted by molar-refractivity contribution is 6.74. The van der Waals surface area contributed by atoms with Gasteiger partial charge in [0.25, 0.3) is 0 Å². The molecule has 0 unspecified atom stereocenters. The molecule has 0 N–H and O–H groups in total. The Morgan fingerprint density at radius 2 is 1.79 bits per heavy atom. The highest BCUT2D eigenvalue weighted by Crippen LogP contribution is 2.39. The molecule has 4 heteroatoms. The van der Waals surface area contributed by atoms with E-state index >= 15 is 0 Å². The van der Waals surface area contributed by atoms with Gasteiger partial charge >= 0.3 is 5.63 Å². The quantitative estimate of drug-likeness (QED) is 0.413. The van der Waals surface area contributed by atoms with E-state index in [4.69, 9.17) is 8.84 Å². The van der Waals surface area contributed by atoms with Crippen molar-refractivity contribution in [3.8, 4) is 5.75 Å². The van der Waals surface area contributed by atoms with Crippen molar-refractivity contribution in [3.63, 3.8) is 0 Å². The summed E-state index contributed by atoms with van der Waals surface area (Å²) in [6.07, 6.45) is 6.33. The molecule has 0 saturated carbocycles. The summed E-state index contributed by atoms with van der Waals surface area (Å²) in [5, 5.41) is 1.14. The van der Waals surface area contributed by atoms with Crippen molar-refractivity contribution in [2.45, 2.75) is 57.7 Å². The smallest absolute Gasteiger partial charge is 0.336 e. The van der Waals surface area contributed by atoms with Crippen molar-refractivity contribution in [1.29, 1.82) is 0 Å². The van der Waals surface area contributed by atoms with Gasteiger partial charge < -0.3 is 8.84 Å². The van der Waals surface area contributed by atoms with Gasteiger partial charge in [-0.05, 0) is 54.6 Å². The second-order valence-electron chi connectivity index (χ2n) is 8.18. The van der Waals surface area contributed by atoms with Gasteiger partial charge in [-0.1, -0.05) is 32.9 Å². The maximum absolute atomic E-state index is 12.0. The number of fused-ring (bicyclic) bond motifs is 1. The molecule has 0 bridgehead atoms. The number of benzene rings is 1. The van der Waals surface area contributed by atoms with Crippen LogP contribution in [0.1, 0.15) is 45.1 Å². The van der Waals surface area contributed by atoms with E-state index in [1.807, 2.05) is 18.2 Å². The molecule has 0 spiro atoms. The molecule has 0 fully saturated rings. The van der Waals surface area contributed by atoms with Crippen LogP contribution in [0.25, 0.3) is 11.0 Å². The lowest BCUT2D eigenvalue weighted by atomic mass is 9.94. The third-order valence-electron chi connectivity index (χ3n) is 5.37. The number of hydrogen-bond acceptors (Lipinski definition) is 3. The fourth-order valence-corrected chi connectivity index (χ4v) is 3.91. The highest BCUT2D eigenvalue weighted by atomic mass is 28.4. The third-order valence-corrected chi connectivity index (χ3v) is 9.73. The van der Waals surface area contributed by atoms with Crippen LogP contribution in [0, 0.1) is 0 Å². The minimum absolute atomic E-state index is 0.125. The summed E-state index contributed by atoms with van der Waals surface area (Å²) >= 11 is 0. The van der Waals surface area contributed by atoms with Gasteiger partial charge in [0, 0.05) is 17.5 Å². The van der Waals surface area contributed by atoms with Crippen LogP contribution >= 0.6 is 0 Å². The van der Waals surface area contributed by atoms with Crippen LogP contribution in [0.4, 0.5) is 0 Å². The van der Waals surface area contributed by atoms with E-state index < -0.39 is 8.32 Å². The van der Waals surface area contributed by atoms with Crippen molar-refractivity contribution in [2.24, 2.45) is 0 Å². The van der Waals surface area contributed by atoms with Gasteiger partial charge in [0.1, 0.15) is 11.3 Å². The standard InChI is InChI=1S/C20H26O3Si/c1-20(2,3)24(4,5)23-15-10-11-16-17(14-8-6-7-9-14)13-19(21)22-18(16)12-15/h6-7,10-14H,8-9H2,1-5H3. The second kappa shape index (κ2) is 5.92. The average Bonchev–Trinajstić information content (AvgIpc) is 2.98. The molecule has 1 aliphatic rings. The predicted octanol–water partition coefficient (Wildman–Crippen LogP) is 5.61. The van der Waals surface area contributed by atoms with Gasteiger partial charge in [0.15, 0.2) is 0 Å². The van der Waals surface area contributed by atoms with Crippen molar-refractivity contribution in [1.82, 2.24) is 0 Å². The van der Waals surface area contributed by atoms with E-state index in [0.717, 1.165) is 29.5 Å². The number of hydrogen-bond donors (Lipinski definition) is 0. The van der Waals surface area contributed by atoms with E-state index in [-0.39, 0.29) is 10.7 Å². The molecule has 2 aromatic rings. The van der Waals surface area contributed by atoms with Crippen LogP contribution in [0.3, 0.4) is 0 Å². The first-order chi connectivity index (χ1) is 11.2. The highest BCUT2D eigenvalue weighted by Gasteiger charge is 2.39. The minimum atomic E-state index is -1.92. The molecule has 1 aromatic carbocycles. The Bertz CT molecular complexity index is 832. The maximum Gasteiger partial charge on any atom is 0.336 e. The average molecular weight is 343 g/mol. The molecular weight excluding hydrogens is 316 g/mol. The van der Waals surface area contributed by atoms with Crippen LogP contribution in [-0.4, -0.2) is 8.32 Å². The lowest BCUT2D eigenvalue weighted by Crippen LogP contribution is -2.43. The first-order valence-electron chi connectivity index (χ1n) is 8.59. The predicted molar refractivity (Wildman–Crippen MR) is 101 cm³/mol. The fraction of sp³-hybridized carbons (Fsp3) is 0.450. The van der Waals surface area contributed by atoms with E-state index in [9.17, 15) is 4.79 Å². The Labute approximate surface area is 144 Å². The Morgan fingerprint density at radius 1 is 1.12 bits per heavy atom. The molecule has 0 atom stereocenters. The summed E-state index contributed by atoms with van der Waals surface area (Å²) in [5.41, 5.74) is 1.43. The van der Waals surface area contributed by atoms with Gasteiger partial charge in [-0.2, -0.15) is 0 Å². The topological polar surface area (TPSA) is 39.4 Å². The fourth-order valence-electron chi connectivity index (χ4n) is 2.89. The van der Waals surface area contributed by atoms with Crippen molar-refractivity contribution < 1.29 is 8.84 Å². The summed E-state index contributed by atoms with van der Waals surface area (Å²) in [6, 6.07) is 7.57. The van der Waals surface area contributed by atoms with E-state index in [1.54, 1.807) is 6.07 Å². The molecule has 3 nitrogen and oxygen atoms in total. The van der Waals surface area contributed by atoms with E-state index in [0.29, 0.717) is 11.5 Å². The molecule has 128 valence electrons. The molecule has 1 heterocycles. The number of allylic oxidation sites excluding steroid dienone is 2. The molecule has 1 aliphatic carbocycles. The monoisotopic (exact) mass is 342 g/mol. The van der Waals surface area contributed by atoms with Gasteiger partial charge in [0.2, 0.25) is 8.32 Å². The molecule has 3 rings (SSSR count). The van der Waals surface area contributed by atoms with Gasteiger partial charge in [-0.15, -0.1) is 0 Å². The Balaban J connectivity index is 2.01. The summed E-state index contributed by atoms with van der Waals surface area (Å²) in [6.45, 7) is 11.1. The van der Waals surface area contributed by atoms with Crippen molar-refractivity contribution in [2.75, 3.05) is 0 Å². The zero-order valence-corrected chi connectivity index (χ0v) is 16.2. The van der Waals surface area contributed by atoms with E-state index in [2.05, 4.69) is 46.0 Å². The first kappa shape index (κ1) is 17.0. The molecule has 1 aromatic heterocycles. The normalized spacial score (nSPS) is 16.0. The van der Waals surface area contributed by atoms with Crippen LogP contribution in [-0.2, 0) is 0 Å². The molecule has 0 amide bonds. The maximum atomic E-state index is 12.0. The molecule has 0 aliphatic heterocycles.